The monoisotopic (exact) mass is 336 g/mol. The van der Waals surface area contributed by atoms with Crippen molar-refractivity contribution in [3.05, 3.63) is 36.3 Å². The Hall–Kier alpha value is -1.89. The Morgan fingerprint density at radius 3 is 2.48 bits per heavy atom. The molecule has 2 aromatic heterocycles. The van der Waals surface area contributed by atoms with E-state index in [1.165, 1.54) is 0 Å². The van der Waals surface area contributed by atoms with Crippen molar-refractivity contribution in [3.63, 3.8) is 0 Å². The van der Waals surface area contributed by atoms with E-state index < -0.39 is 14.6 Å². The molecule has 0 saturated heterocycles. The second kappa shape index (κ2) is 6.70. The third kappa shape index (κ3) is 4.31. The number of sulfone groups is 1. The first-order chi connectivity index (χ1) is 10.7. The van der Waals surface area contributed by atoms with Gasteiger partial charge in [-0.15, -0.1) is 0 Å². The highest BCUT2D eigenvalue weighted by Gasteiger charge is 2.31. The zero-order valence-corrected chi connectivity index (χ0v) is 14.9. The number of aromatic nitrogens is 3. The molecule has 0 saturated carbocycles. The number of aryl methyl sites for hydroxylation is 2. The lowest BCUT2D eigenvalue weighted by molar-refractivity contribution is 0.556. The van der Waals surface area contributed by atoms with Gasteiger partial charge < -0.3 is 5.32 Å². The molecule has 126 valence electrons. The highest BCUT2D eigenvalue weighted by molar-refractivity contribution is 7.92. The molecule has 6 nitrogen and oxygen atoms in total. The summed E-state index contributed by atoms with van der Waals surface area (Å²) in [5.74, 6) is 0. The first-order valence-corrected chi connectivity index (χ1v) is 9.12. The van der Waals surface area contributed by atoms with Crippen molar-refractivity contribution in [2.75, 3.05) is 11.9 Å². The van der Waals surface area contributed by atoms with Gasteiger partial charge in [0.2, 0.25) is 0 Å². The minimum absolute atomic E-state index is 0.113. The summed E-state index contributed by atoms with van der Waals surface area (Å²) in [7, 11) is -3.40. The van der Waals surface area contributed by atoms with E-state index in [4.69, 9.17) is 0 Å². The van der Waals surface area contributed by atoms with Crippen LogP contribution in [-0.2, 0) is 16.4 Å². The summed E-state index contributed by atoms with van der Waals surface area (Å²) in [5.41, 5.74) is 1.97. The fourth-order valence-electron chi connectivity index (χ4n) is 2.02. The van der Waals surface area contributed by atoms with Gasteiger partial charge in [0.25, 0.3) is 0 Å². The Balaban J connectivity index is 1.88. The molecule has 0 spiro atoms. The highest BCUT2D eigenvalue weighted by atomic mass is 32.2. The van der Waals surface area contributed by atoms with Crippen LogP contribution in [0, 0.1) is 6.92 Å². The lowest BCUT2D eigenvalue weighted by atomic mass is 10.3. The minimum Gasteiger partial charge on any atom is -0.384 e. The average Bonchev–Trinajstić information content (AvgIpc) is 2.88. The van der Waals surface area contributed by atoms with Gasteiger partial charge in [-0.05, 0) is 51.8 Å². The van der Waals surface area contributed by atoms with Crippen LogP contribution in [0.5, 0.6) is 0 Å². The Morgan fingerprint density at radius 1 is 1.22 bits per heavy atom. The molecule has 0 aliphatic rings. The van der Waals surface area contributed by atoms with Crippen LogP contribution in [0.15, 0.2) is 35.7 Å². The number of hydrogen-bond donors (Lipinski definition) is 1. The SMILES string of the molecule is Cc1cnn(CCCNc2ccc(S(=O)(=O)C(C)(C)C)nc2)c1. The largest absolute Gasteiger partial charge is 0.384 e. The first kappa shape index (κ1) is 17.5. The average molecular weight is 336 g/mol. The van der Waals surface area contributed by atoms with Crippen LogP contribution in [0.25, 0.3) is 0 Å². The Kier molecular flexibility index (Phi) is 5.09. The van der Waals surface area contributed by atoms with Gasteiger partial charge in [0, 0.05) is 19.3 Å². The van der Waals surface area contributed by atoms with Crippen LogP contribution in [0.2, 0.25) is 0 Å². The fraction of sp³-hybridized carbons (Fsp3) is 0.500. The number of pyridine rings is 1. The topological polar surface area (TPSA) is 76.9 Å². The molecule has 0 bridgehead atoms. The molecule has 0 amide bonds. The Morgan fingerprint density at radius 2 is 1.96 bits per heavy atom. The molecule has 0 aliphatic heterocycles. The zero-order valence-electron chi connectivity index (χ0n) is 14.1. The quantitative estimate of drug-likeness (QED) is 0.821. The number of rotatable bonds is 6. The van der Waals surface area contributed by atoms with Gasteiger partial charge in [0.15, 0.2) is 14.9 Å². The lowest BCUT2D eigenvalue weighted by Crippen LogP contribution is -2.28. The second-order valence-electron chi connectivity index (χ2n) is 6.56. The number of anilines is 1. The smallest absolute Gasteiger partial charge is 0.200 e. The molecule has 0 aliphatic carbocycles. The van der Waals surface area contributed by atoms with Crippen molar-refractivity contribution >= 4 is 15.5 Å². The van der Waals surface area contributed by atoms with Gasteiger partial charge in [-0.2, -0.15) is 5.10 Å². The third-order valence-electron chi connectivity index (χ3n) is 3.47. The van der Waals surface area contributed by atoms with E-state index in [1.807, 2.05) is 24.0 Å². The molecule has 0 fully saturated rings. The molecule has 7 heteroatoms. The predicted molar refractivity (Wildman–Crippen MR) is 91.2 cm³/mol. The lowest BCUT2D eigenvalue weighted by Gasteiger charge is -2.18. The fourth-order valence-corrected chi connectivity index (χ4v) is 3.09. The second-order valence-corrected chi connectivity index (χ2v) is 9.21. The number of nitrogens with one attached hydrogen (secondary N) is 1. The summed E-state index contributed by atoms with van der Waals surface area (Å²) in [6, 6.07) is 3.31. The maximum Gasteiger partial charge on any atom is 0.200 e. The summed E-state index contributed by atoms with van der Waals surface area (Å²) in [5, 5.41) is 7.59. The highest BCUT2D eigenvalue weighted by Crippen LogP contribution is 2.23. The standard InChI is InChI=1S/C16H24N4O2S/c1-13-10-19-20(12-13)9-5-8-17-14-6-7-15(18-11-14)23(21,22)16(2,3)4/h6-7,10-12,17H,5,8-9H2,1-4H3. The molecule has 2 aromatic rings. The van der Waals surface area contributed by atoms with Gasteiger partial charge in [-0.1, -0.05) is 0 Å². The van der Waals surface area contributed by atoms with E-state index in [1.54, 1.807) is 39.1 Å². The predicted octanol–water partition coefficient (Wildman–Crippen LogP) is 2.66. The minimum atomic E-state index is -3.40. The molecule has 0 unspecified atom stereocenters. The van der Waals surface area contributed by atoms with Gasteiger partial charge in [0.1, 0.15) is 0 Å². The van der Waals surface area contributed by atoms with E-state index in [-0.39, 0.29) is 5.03 Å². The van der Waals surface area contributed by atoms with Crippen LogP contribution in [-0.4, -0.2) is 34.5 Å². The van der Waals surface area contributed by atoms with Gasteiger partial charge in [0.05, 0.1) is 22.8 Å². The van der Waals surface area contributed by atoms with Gasteiger partial charge in [-0.3, -0.25) is 4.68 Å². The van der Waals surface area contributed by atoms with Crippen LogP contribution in [0.1, 0.15) is 32.8 Å². The third-order valence-corrected chi connectivity index (χ3v) is 5.88. The van der Waals surface area contributed by atoms with E-state index in [0.717, 1.165) is 30.8 Å². The number of nitrogens with zero attached hydrogens (tertiary/aromatic N) is 3. The van der Waals surface area contributed by atoms with E-state index in [0.29, 0.717) is 0 Å². The maximum atomic E-state index is 12.3. The van der Waals surface area contributed by atoms with E-state index in [9.17, 15) is 8.42 Å². The molecular formula is C16H24N4O2S. The summed E-state index contributed by atoms with van der Waals surface area (Å²) < 4.78 is 25.6. The van der Waals surface area contributed by atoms with Gasteiger partial charge >= 0.3 is 0 Å². The summed E-state index contributed by atoms with van der Waals surface area (Å²) in [4.78, 5) is 4.09. The van der Waals surface area contributed by atoms with Crippen LogP contribution in [0.4, 0.5) is 5.69 Å². The normalized spacial score (nSPS) is 12.3. The molecule has 23 heavy (non-hydrogen) atoms. The summed E-state index contributed by atoms with van der Waals surface area (Å²) >= 11 is 0. The van der Waals surface area contributed by atoms with E-state index in [2.05, 4.69) is 15.4 Å². The van der Waals surface area contributed by atoms with Crippen molar-refractivity contribution in [1.82, 2.24) is 14.8 Å². The van der Waals surface area contributed by atoms with Crippen LogP contribution in [0.3, 0.4) is 0 Å². The van der Waals surface area contributed by atoms with Crippen molar-refractivity contribution < 1.29 is 8.42 Å². The van der Waals surface area contributed by atoms with Crippen molar-refractivity contribution in [3.8, 4) is 0 Å². The molecular weight excluding hydrogens is 312 g/mol. The molecule has 0 aromatic carbocycles. The van der Waals surface area contributed by atoms with Crippen LogP contribution < -0.4 is 5.32 Å². The van der Waals surface area contributed by atoms with Crippen molar-refractivity contribution in [1.29, 1.82) is 0 Å². The number of hydrogen-bond acceptors (Lipinski definition) is 5. The van der Waals surface area contributed by atoms with Crippen LogP contribution >= 0.6 is 0 Å². The van der Waals surface area contributed by atoms with Gasteiger partial charge in [-0.25, -0.2) is 13.4 Å². The maximum absolute atomic E-state index is 12.3. The Bertz CT molecular complexity index is 743. The zero-order chi connectivity index (χ0) is 17.1. The Labute approximate surface area is 137 Å². The molecule has 2 rings (SSSR count). The van der Waals surface area contributed by atoms with E-state index >= 15 is 0 Å². The summed E-state index contributed by atoms with van der Waals surface area (Å²) in [6.07, 6.45) is 6.33. The molecule has 0 atom stereocenters. The molecule has 0 radical (unpaired) electrons. The molecule has 2 heterocycles. The molecule has 1 N–H and O–H groups in total. The summed E-state index contributed by atoms with van der Waals surface area (Å²) in [6.45, 7) is 8.64. The van der Waals surface area contributed by atoms with Crippen molar-refractivity contribution in [2.24, 2.45) is 0 Å². The first-order valence-electron chi connectivity index (χ1n) is 7.64. The van der Waals surface area contributed by atoms with Crippen molar-refractivity contribution in [2.45, 2.75) is 50.4 Å².